The van der Waals surface area contributed by atoms with Gasteiger partial charge in [-0.1, -0.05) is 11.6 Å². The molecule has 0 saturated carbocycles. The van der Waals surface area contributed by atoms with E-state index in [1.165, 1.54) is 5.56 Å². The Hall–Kier alpha value is -1.58. The molecule has 0 fully saturated rings. The molecule has 3 nitrogen and oxygen atoms in total. The topological polar surface area (TPSA) is 34.1 Å². The Morgan fingerprint density at radius 1 is 1.21 bits per heavy atom. The van der Waals surface area contributed by atoms with Crippen LogP contribution in [0.25, 0.3) is 0 Å². The van der Waals surface area contributed by atoms with Gasteiger partial charge < -0.3 is 10.1 Å². The first-order valence-electron chi connectivity index (χ1n) is 6.21. The smallest absolute Gasteiger partial charge is 0.123 e. The van der Waals surface area contributed by atoms with E-state index >= 15 is 0 Å². The summed E-state index contributed by atoms with van der Waals surface area (Å²) in [4.78, 5) is 4.00. The summed E-state index contributed by atoms with van der Waals surface area (Å²) < 4.78 is 5.31. The van der Waals surface area contributed by atoms with Gasteiger partial charge in [0.2, 0.25) is 0 Å². The quantitative estimate of drug-likeness (QED) is 0.824. The van der Waals surface area contributed by atoms with Crippen molar-refractivity contribution in [3.05, 3.63) is 58.9 Å². The molecule has 0 unspecified atom stereocenters. The summed E-state index contributed by atoms with van der Waals surface area (Å²) in [5.41, 5.74) is 2.35. The molecule has 0 aliphatic heterocycles. The number of hydrogen-bond donors (Lipinski definition) is 1. The number of benzene rings is 1. The highest BCUT2D eigenvalue weighted by atomic mass is 35.5. The van der Waals surface area contributed by atoms with E-state index in [2.05, 4.69) is 10.3 Å². The normalized spacial score (nSPS) is 10.4. The number of methoxy groups -OCH3 is 1. The van der Waals surface area contributed by atoms with Gasteiger partial charge in [0.15, 0.2) is 0 Å². The molecule has 0 bridgehead atoms. The maximum Gasteiger partial charge on any atom is 0.123 e. The van der Waals surface area contributed by atoms with Crippen molar-refractivity contribution >= 4 is 11.6 Å². The summed E-state index contributed by atoms with van der Waals surface area (Å²) in [5.74, 6) is 0.862. The second kappa shape index (κ2) is 7.12. The largest absolute Gasteiger partial charge is 0.496 e. The number of hydrogen-bond acceptors (Lipinski definition) is 3. The van der Waals surface area contributed by atoms with Gasteiger partial charge >= 0.3 is 0 Å². The second-order valence-corrected chi connectivity index (χ2v) is 4.67. The van der Waals surface area contributed by atoms with Gasteiger partial charge in [-0.25, -0.2) is 0 Å². The van der Waals surface area contributed by atoms with Crippen molar-refractivity contribution in [1.29, 1.82) is 0 Å². The Bertz CT molecular complexity index is 517. The lowest BCUT2D eigenvalue weighted by Gasteiger charge is -2.10. The van der Waals surface area contributed by atoms with E-state index in [4.69, 9.17) is 16.3 Å². The van der Waals surface area contributed by atoms with Crippen LogP contribution in [0.5, 0.6) is 5.75 Å². The summed E-state index contributed by atoms with van der Waals surface area (Å²) in [6.45, 7) is 1.65. The molecular formula is C15H17ClN2O. The van der Waals surface area contributed by atoms with Crippen molar-refractivity contribution < 1.29 is 4.74 Å². The standard InChI is InChI=1S/C15H17ClN2O/c1-19-15-3-2-14(16)10-13(15)11-18-9-6-12-4-7-17-8-5-12/h2-5,7-8,10,18H,6,9,11H2,1H3. The Morgan fingerprint density at radius 3 is 2.74 bits per heavy atom. The van der Waals surface area contributed by atoms with Crippen molar-refractivity contribution in [2.75, 3.05) is 13.7 Å². The minimum absolute atomic E-state index is 0.728. The van der Waals surface area contributed by atoms with Crippen LogP contribution >= 0.6 is 11.6 Å². The van der Waals surface area contributed by atoms with Gasteiger partial charge in [-0.2, -0.15) is 0 Å². The van der Waals surface area contributed by atoms with Crippen molar-refractivity contribution in [1.82, 2.24) is 10.3 Å². The van der Waals surface area contributed by atoms with Gasteiger partial charge in [0.05, 0.1) is 7.11 Å². The predicted molar refractivity (Wildman–Crippen MR) is 77.7 cm³/mol. The van der Waals surface area contributed by atoms with Crippen LogP contribution in [0.3, 0.4) is 0 Å². The molecule has 0 saturated heterocycles. The Kier molecular flexibility index (Phi) is 5.19. The van der Waals surface area contributed by atoms with Crippen LogP contribution in [0.1, 0.15) is 11.1 Å². The van der Waals surface area contributed by atoms with Crippen molar-refractivity contribution in [2.45, 2.75) is 13.0 Å². The lowest BCUT2D eigenvalue weighted by atomic mass is 10.2. The van der Waals surface area contributed by atoms with Crippen LogP contribution < -0.4 is 10.1 Å². The van der Waals surface area contributed by atoms with Crippen molar-refractivity contribution in [2.24, 2.45) is 0 Å². The van der Waals surface area contributed by atoms with E-state index in [-0.39, 0.29) is 0 Å². The molecule has 0 aliphatic carbocycles. The minimum Gasteiger partial charge on any atom is -0.496 e. The van der Waals surface area contributed by atoms with E-state index in [0.29, 0.717) is 0 Å². The Morgan fingerprint density at radius 2 is 2.00 bits per heavy atom. The molecule has 0 amide bonds. The van der Waals surface area contributed by atoms with Gasteiger partial charge in [-0.05, 0) is 48.9 Å². The first kappa shape index (κ1) is 13.8. The third-order valence-corrected chi connectivity index (χ3v) is 3.13. The highest BCUT2D eigenvalue weighted by Crippen LogP contribution is 2.22. The summed E-state index contributed by atoms with van der Waals surface area (Å²) >= 11 is 5.99. The Labute approximate surface area is 118 Å². The molecule has 2 rings (SSSR count). The zero-order valence-electron chi connectivity index (χ0n) is 10.9. The highest BCUT2D eigenvalue weighted by molar-refractivity contribution is 6.30. The lowest BCUT2D eigenvalue weighted by Crippen LogP contribution is -2.17. The molecule has 1 N–H and O–H groups in total. The van der Waals surface area contributed by atoms with Gasteiger partial charge in [-0.3, -0.25) is 4.98 Å². The number of aromatic nitrogens is 1. The fourth-order valence-electron chi connectivity index (χ4n) is 1.89. The van der Waals surface area contributed by atoms with Crippen LogP contribution in [0, 0.1) is 0 Å². The highest BCUT2D eigenvalue weighted by Gasteiger charge is 2.03. The van der Waals surface area contributed by atoms with E-state index in [1.807, 2.05) is 42.7 Å². The summed E-state index contributed by atoms with van der Waals surface area (Å²) in [7, 11) is 1.67. The summed E-state index contributed by atoms with van der Waals surface area (Å²) in [6, 6.07) is 9.71. The average Bonchev–Trinajstić information content (AvgIpc) is 2.45. The van der Waals surface area contributed by atoms with Gasteiger partial charge in [-0.15, -0.1) is 0 Å². The van der Waals surface area contributed by atoms with E-state index in [0.717, 1.165) is 35.8 Å². The van der Waals surface area contributed by atoms with Crippen LogP contribution in [-0.2, 0) is 13.0 Å². The summed E-state index contributed by atoms with van der Waals surface area (Å²) in [6.07, 6.45) is 4.61. The molecule has 0 atom stereocenters. The molecule has 4 heteroatoms. The van der Waals surface area contributed by atoms with E-state index in [9.17, 15) is 0 Å². The van der Waals surface area contributed by atoms with Crippen molar-refractivity contribution in [3.8, 4) is 5.75 Å². The van der Waals surface area contributed by atoms with E-state index in [1.54, 1.807) is 7.11 Å². The average molecular weight is 277 g/mol. The first-order chi connectivity index (χ1) is 9.29. The van der Waals surface area contributed by atoms with E-state index < -0.39 is 0 Å². The number of nitrogens with one attached hydrogen (secondary N) is 1. The van der Waals surface area contributed by atoms with Gasteiger partial charge in [0, 0.05) is 29.5 Å². The fourth-order valence-corrected chi connectivity index (χ4v) is 2.09. The molecule has 1 aromatic heterocycles. The zero-order valence-corrected chi connectivity index (χ0v) is 11.7. The third-order valence-electron chi connectivity index (χ3n) is 2.90. The van der Waals surface area contributed by atoms with Gasteiger partial charge in [0.25, 0.3) is 0 Å². The number of nitrogens with zero attached hydrogens (tertiary/aromatic N) is 1. The zero-order chi connectivity index (χ0) is 13.5. The van der Waals surface area contributed by atoms with Crippen LogP contribution in [-0.4, -0.2) is 18.6 Å². The number of ether oxygens (including phenoxy) is 1. The molecule has 0 spiro atoms. The molecule has 0 aliphatic rings. The lowest BCUT2D eigenvalue weighted by molar-refractivity contribution is 0.408. The third kappa shape index (κ3) is 4.23. The minimum atomic E-state index is 0.728. The SMILES string of the molecule is COc1ccc(Cl)cc1CNCCc1ccncc1. The second-order valence-electron chi connectivity index (χ2n) is 4.24. The monoisotopic (exact) mass is 276 g/mol. The van der Waals surface area contributed by atoms with Crippen LogP contribution in [0.4, 0.5) is 0 Å². The van der Waals surface area contributed by atoms with Gasteiger partial charge in [0.1, 0.15) is 5.75 Å². The van der Waals surface area contributed by atoms with Crippen LogP contribution in [0.15, 0.2) is 42.7 Å². The molecule has 0 radical (unpaired) electrons. The first-order valence-corrected chi connectivity index (χ1v) is 6.59. The number of halogens is 1. The van der Waals surface area contributed by atoms with Crippen molar-refractivity contribution in [3.63, 3.8) is 0 Å². The maximum atomic E-state index is 5.99. The molecule has 19 heavy (non-hydrogen) atoms. The molecule has 1 aromatic carbocycles. The number of pyridine rings is 1. The Balaban J connectivity index is 1.84. The van der Waals surface area contributed by atoms with Crippen LogP contribution in [0.2, 0.25) is 5.02 Å². The molecular weight excluding hydrogens is 260 g/mol. The fraction of sp³-hybridized carbons (Fsp3) is 0.267. The summed E-state index contributed by atoms with van der Waals surface area (Å²) in [5, 5.41) is 4.12. The molecule has 2 aromatic rings. The maximum absolute atomic E-state index is 5.99. The number of rotatable bonds is 6. The predicted octanol–water partition coefficient (Wildman–Crippen LogP) is 3.08. The molecule has 100 valence electrons. The molecule has 1 heterocycles.